The Labute approximate surface area is 183 Å². The van der Waals surface area contributed by atoms with Crippen LogP contribution in [0.5, 0.6) is 17.2 Å². The van der Waals surface area contributed by atoms with Gasteiger partial charge in [0.05, 0.1) is 24.8 Å². The van der Waals surface area contributed by atoms with Crippen molar-refractivity contribution in [2.45, 2.75) is 33.4 Å². The molecule has 0 N–H and O–H groups in total. The van der Waals surface area contributed by atoms with Gasteiger partial charge in [0.25, 0.3) is 0 Å². The van der Waals surface area contributed by atoms with Gasteiger partial charge in [-0.25, -0.2) is 4.98 Å². The Balaban J connectivity index is 1.43. The molecule has 0 aliphatic carbocycles. The highest BCUT2D eigenvalue weighted by molar-refractivity contribution is 5.75. The molecule has 0 amide bonds. The van der Waals surface area contributed by atoms with Gasteiger partial charge in [0.15, 0.2) is 0 Å². The van der Waals surface area contributed by atoms with E-state index in [-0.39, 0.29) is 0 Å². The van der Waals surface area contributed by atoms with Gasteiger partial charge in [0.2, 0.25) is 0 Å². The lowest BCUT2D eigenvalue weighted by atomic mass is 10.1. The average Bonchev–Trinajstić information content (AvgIpc) is 3.15. The van der Waals surface area contributed by atoms with Crippen LogP contribution in [-0.4, -0.2) is 23.3 Å². The van der Waals surface area contributed by atoms with Crippen molar-refractivity contribution in [3.05, 3.63) is 83.7 Å². The summed E-state index contributed by atoms with van der Waals surface area (Å²) in [6.07, 6.45) is 0.864. The summed E-state index contributed by atoms with van der Waals surface area (Å²) in [5.41, 5.74) is 4.41. The summed E-state index contributed by atoms with van der Waals surface area (Å²) >= 11 is 0. The molecule has 1 aromatic heterocycles. The Morgan fingerprint density at radius 1 is 0.871 bits per heavy atom. The van der Waals surface area contributed by atoms with Gasteiger partial charge in [-0.05, 0) is 73.9 Å². The van der Waals surface area contributed by atoms with E-state index in [1.54, 1.807) is 7.11 Å². The summed E-state index contributed by atoms with van der Waals surface area (Å²) in [5, 5.41) is 0. The molecular formula is C26H28N2O3. The summed E-state index contributed by atoms with van der Waals surface area (Å²) in [6, 6.07) is 22.1. The smallest absolute Gasteiger partial charge is 0.148 e. The van der Waals surface area contributed by atoms with E-state index in [1.807, 2.05) is 42.5 Å². The van der Waals surface area contributed by atoms with Crippen molar-refractivity contribution in [2.24, 2.45) is 0 Å². The molecular weight excluding hydrogens is 388 g/mol. The standard InChI is InChI=1S/C26H28N2O3/c1-19-9-10-20(2)25(17-19)31-18-26-27-23-7-4-5-8-24(23)28(26)15-6-16-30-22-13-11-21(29-3)12-14-22/h4-5,7-14,17H,6,15-16,18H2,1-3H3. The number of rotatable bonds is 9. The van der Waals surface area contributed by atoms with Crippen molar-refractivity contribution in [1.29, 1.82) is 0 Å². The molecule has 1 heterocycles. The maximum absolute atomic E-state index is 6.14. The van der Waals surface area contributed by atoms with E-state index in [9.17, 15) is 0 Å². The number of aromatic nitrogens is 2. The number of para-hydroxylation sites is 2. The van der Waals surface area contributed by atoms with Gasteiger partial charge < -0.3 is 18.8 Å². The van der Waals surface area contributed by atoms with Crippen LogP contribution in [0.3, 0.4) is 0 Å². The largest absolute Gasteiger partial charge is 0.497 e. The van der Waals surface area contributed by atoms with Crippen molar-refractivity contribution >= 4 is 11.0 Å². The zero-order chi connectivity index (χ0) is 21.6. The molecule has 0 unspecified atom stereocenters. The third kappa shape index (κ3) is 5.00. The van der Waals surface area contributed by atoms with Crippen molar-refractivity contribution in [3.63, 3.8) is 0 Å². The van der Waals surface area contributed by atoms with Crippen LogP contribution in [0, 0.1) is 13.8 Å². The van der Waals surface area contributed by atoms with E-state index >= 15 is 0 Å². The molecule has 0 bridgehead atoms. The second kappa shape index (κ2) is 9.56. The number of imidazole rings is 1. The number of hydrogen-bond acceptors (Lipinski definition) is 4. The average molecular weight is 417 g/mol. The molecule has 5 heteroatoms. The molecule has 31 heavy (non-hydrogen) atoms. The second-order valence-electron chi connectivity index (χ2n) is 7.60. The molecule has 4 aromatic rings. The number of benzene rings is 3. The molecule has 0 aliphatic heterocycles. The van der Waals surface area contributed by atoms with Crippen LogP contribution < -0.4 is 14.2 Å². The van der Waals surface area contributed by atoms with Gasteiger partial charge >= 0.3 is 0 Å². The lowest BCUT2D eigenvalue weighted by molar-refractivity contribution is 0.279. The fraction of sp³-hybridized carbons (Fsp3) is 0.269. The molecule has 0 saturated carbocycles. The van der Waals surface area contributed by atoms with Gasteiger partial charge in [-0.1, -0.05) is 24.3 Å². The van der Waals surface area contributed by atoms with Crippen LogP contribution in [0.25, 0.3) is 11.0 Å². The second-order valence-corrected chi connectivity index (χ2v) is 7.60. The highest BCUT2D eigenvalue weighted by atomic mass is 16.5. The van der Waals surface area contributed by atoms with Crippen LogP contribution in [-0.2, 0) is 13.2 Å². The molecule has 0 atom stereocenters. The number of fused-ring (bicyclic) bond motifs is 1. The molecule has 0 aliphatic rings. The highest BCUT2D eigenvalue weighted by Crippen LogP contribution is 2.23. The zero-order valence-electron chi connectivity index (χ0n) is 18.3. The van der Waals surface area contributed by atoms with Crippen molar-refractivity contribution in [2.75, 3.05) is 13.7 Å². The van der Waals surface area contributed by atoms with Gasteiger partial charge in [0.1, 0.15) is 29.7 Å². The summed E-state index contributed by atoms with van der Waals surface area (Å²) in [6.45, 7) is 6.00. The van der Waals surface area contributed by atoms with Crippen LogP contribution in [0.15, 0.2) is 66.7 Å². The molecule has 4 rings (SSSR count). The molecule has 0 saturated heterocycles. The van der Waals surface area contributed by atoms with Crippen LogP contribution in [0.4, 0.5) is 0 Å². The monoisotopic (exact) mass is 416 g/mol. The quantitative estimate of drug-likeness (QED) is 0.328. The number of hydrogen-bond donors (Lipinski definition) is 0. The van der Waals surface area contributed by atoms with Crippen molar-refractivity contribution in [3.8, 4) is 17.2 Å². The Kier molecular flexibility index (Phi) is 6.41. The van der Waals surface area contributed by atoms with Gasteiger partial charge in [0, 0.05) is 6.54 Å². The fourth-order valence-corrected chi connectivity index (χ4v) is 3.57. The summed E-state index contributed by atoms with van der Waals surface area (Å²) in [4.78, 5) is 4.82. The molecule has 3 aromatic carbocycles. The van der Waals surface area contributed by atoms with E-state index in [0.717, 1.165) is 52.6 Å². The zero-order valence-corrected chi connectivity index (χ0v) is 18.3. The molecule has 5 nitrogen and oxygen atoms in total. The van der Waals surface area contributed by atoms with Gasteiger partial charge in [-0.2, -0.15) is 0 Å². The lowest BCUT2D eigenvalue weighted by Gasteiger charge is -2.13. The summed E-state index contributed by atoms with van der Waals surface area (Å²) in [7, 11) is 1.66. The maximum atomic E-state index is 6.14. The highest BCUT2D eigenvalue weighted by Gasteiger charge is 2.12. The first-order chi connectivity index (χ1) is 15.1. The Bertz CT molecular complexity index is 1150. The molecule has 160 valence electrons. The fourth-order valence-electron chi connectivity index (χ4n) is 3.57. The first-order valence-electron chi connectivity index (χ1n) is 10.5. The van der Waals surface area contributed by atoms with E-state index in [2.05, 4.69) is 42.7 Å². The predicted molar refractivity (Wildman–Crippen MR) is 123 cm³/mol. The Morgan fingerprint density at radius 3 is 2.45 bits per heavy atom. The van der Waals surface area contributed by atoms with Gasteiger partial charge in [-0.15, -0.1) is 0 Å². The van der Waals surface area contributed by atoms with Crippen molar-refractivity contribution in [1.82, 2.24) is 9.55 Å². The van der Waals surface area contributed by atoms with E-state index in [0.29, 0.717) is 13.2 Å². The lowest BCUT2D eigenvalue weighted by Crippen LogP contribution is -2.10. The number of methoxy groups -OCH3 is 1. The molecule has 0 fully saturated rings. The van der Waals surface area contributed by atoms with Gasteiger partial charge in [-0.3, -0.25) is 0 Å². The first-order valence-corrected chi connectivity index (χ1v) is 10.5. The van der Waals surface area contributed by atoms with E-state index < -0.39 is 0 Å². The predicted octanol–water partition coefficient (Wildman–Crippen LogP) is 5.71. The Hall–Kier alpha value is -3.47. The minimum absolute atomic E-state index is 0.429. The number of aryl methyl sites for hydroxylation is 3. The summed E-state index contributed by atoms with van der Waals surface area (Å²) in [5.74, 6) is 3.49. The van der Waals surface area contributed by atoms with E-state index in [4.69, 9.17) is 19.2 Å². The van der Waals surface area contributed by atoms with Crippen LogP contribution in [0.1, 0.15) is 23.4 Å². The number of ether oxygens (including phenoxy) is 3. The van der Waals surface area contributed by atoms with Crippen LogP contribution >= 0.6 is 0 Å². The SMILES string of the molecule is COc1ccc(OCCCn2c(COc3cc(C)ccc3C)nc3ccccc32)cc1. The van der Waals surface area contributed by atoms with Crippen molar-refractivity contribution < 1.29 is 14.2 Å². The third-order valence-corrected chi connectivity index (χ3v) is 5.29. The normalized spacial score (nSPS) is 10.9. The molecule has 0 radical (unpaired) electrons. The molecule has 0 spiro atoms. The first kappa shape index (κ1) is 20.8. The third-order valence-electron chi connectivity index (χ3n) is 5.29. The minimum Gasteiger partial charge on any atom is -0.497 e. The maximum Gasteiger partial charge on any atom is 0.148 e. The Morgan fingerprint density at radius 2 is 1.65 bits per heavy atom. The minimum atomic E-state index is 0.429. The van der Waals surface area contributed by atoms with E-state index in [1.165, 1.54) is 5.56 Å². The van der Waals surface area contributed by atoms with Crippen LogP contribution in [0.2, 0.25) is 0 Å². The summed E-state index contributed by atoms with van der Waals surface area (Å²) < 4.78 is 19.5. The topological polar surface area (TPSA) is 45.5 Å². The number of nitrogens with zero attached hydrogens (tertiary/aromatic N) is 2.